The normalized spacial score (nSPS) is 12.6. The number of rotatable bonds is 4. The first-order chi connectivity index (χ1) is 12.0. The summed E-state index contributed by atoms with van der Waals surface area (Å²) in [5.41, 5.74) is 2.93. The second-order valence-electron chi connectivity index (χ2n) is 5.97. The molecule has 140 valence electrons. The van der Waals surface area contributed by atoms with E-state index in [0.29, 0.717) is 35.6 Å². The molecule has 0 aliphatic carbocycles. The maximum absolute atomic E-state index is 14.7. The number of ether oxygens (including phenoxy) is 2. The highest BCUT2D eigenvalue weighted by molar-refractivity contribution is 6.05. The number of carbonyl (C=O) groups is 1. The van der Waals surface area contributed by atoms with Crippen LogP contribution in [0.4, 0.5) is 10.1 Å². The molecular formula is C19H22ClFN2O3. The number of carbonyl (C=O) groups excluding carboxylic acids is 1. The Balaban J connectivity index is 0.00000243. The molecule has 2 aromatic carbocycles. The molecule has 5 nitrogen and oxygen atoms in total. The monoisotopic (exact) mass is 380 g/mol. The number of hydrogen-bond acceptors (Lipinski definition) is 4. The van der Waals surface area contributed by atoms with E-state index in [1.54, 1.807) is 25.1 Å². The van der Waals surface area contributed by atoms with Crippen LogP contribution < -0.4 is 20.1 Å². The van der Waals surface area contributed by atoms with Gasteiger partial charge in [0.25, 0.3) is 5.91 Å². The highest BCUT2D eigenvalue weighted by Crippen LogP contribution is 2.31. The van der Waals surface area contributed by atoms with Gasteiger partial charge in [0.15, 0.2) is 11.5 Å². The Labute approximate surface area is 158 Å². The third-order valence-electron chi connectivity index (χ3n) is 4.43. The fraction of sp³-hybridized carbons (Fsp3) is 0.316. The minimum Gasteiger partial charge on any atom is -0.493 e. The van der Waals surface area contributed by atoms with Crippen molar-refractivity contribution in [2.75, 3.05) is 26.1 Å². The van der Waals surface area contributed by atoms with Crippen molar-refractivity contribution in [3.05, 3.63) is 52.3 Å². The van der Waals surface area contributed by atoms with Gasteiger partial charge in [-0.3, -0.25) is 4.79 Å². The second-order valence-corrected chi connectivity index (χ2v) is 5.97. The van der Waals surface area contributed by atoms with Crippen LogP contribution in [-0.4, -0.2) is 26.7 Å². The lowest BCUT2D eigenvalue weighted by molar-refractivity contribution is 0.102. The third-order valence-corrected chi connectivity index (χ3v) is 4.43. The summed E-state index contributed by atoms with van der Waals surface area (Å²) in [6, 6.07) is 6.78. The van der Waals surface area contributed by atoms with Crippen molar-refractivity contribution in [1.29, 1.82) is 0 Å². The lowest BCUT2D eigenvalue weighted by Crippen LogP contribution is -2.25. The van der Waals surface area contributed by atoms with Crippen LogP contribution in [-0.2, 0) is 13.0 Å². The molecule has 0 fully saturated rings. The number of halogens is 2. The molecule has 0 radical (unpaired) electrons. The maximum atomic E-state index is 14.7. The number of amides is 1. The summed E-state index contributed by atoms with van der Waals surface area (Å²) in [4.78, 5) is 12.6. The van der Waals surface area contributed by atoms with E-state index < -0.39 is 0 Å². The van der Waals surface area contributed by atoms with Crippen LogP contribution in [0.2, 0.25) is 0 Å². The van der Waals surface area contributed by atoms with Crippen molar-refractivity contribution in [3.63, 3.8) is 0 Å². The van der Waals surface area contributed by atoms with Gasteiger partial charge in [0.05, 0.1) is 19.9 Å². The molecule has 0 aromatic heterocycles. The number of methoxy groups -OCH3 is 2. The van der Waals surface area contributed by atoms with Gasteiger partial charge in [0.2, 0.25) is 0 Å². The van der Waals surface area contributed by atoms with Gasteiger partial charge in [-0.1, -0.05) is 6.07 Å². The number of aryl methyl sites for hydroxylation is 1. The predicted octanol–water partition coefficient (Wildman–Crippen LogP) is 3.47. The summed E-state index contributed by atoms with van der Waals surface area (Å²) in [5, 5.41) is 5.88. The molecule has 26 heavy (non-hydrogen) atoms. The van der Waals surface area contributed by atoms with E-state index in [2.05, 4.69) is 10.6 Å². The standard InChI is InChI=1S/C19H21FN2O3.ClH/c1-11-8-16(24-2)17(25-3)9-14(11)19(23)22-15-5-4-12-10-21-7-6-13(12)18(15)20;/h4-5,8-9,21H,6-7,10H2,1-3H3,(H,22,23);1H. The highest BCUT2D eigenvalue weighted by atomic mass is 35.5. The molecule has 0 saturated heterocycles. The Morgan fingerprint density at radius 2 is 1.88 bits per heavy atom. The van der Waals surface area contributed by atoms with E-state index in [9.17, 15) is 9.18 Å². The Morgan fingerprint density at radius 1 is 1.19 bits per heavy atom. The average molecular weight is 381 g/mol. The summed E-state index contributed by atoms with van der Waals surface area (Å²) in [7, 11) is 3.04. The first kappa shape index (κ1) is 20.0. The van der Waals surface area contributed by atoms with Crippen LogP contribution in [0.15, 0.2) is 24.3 Å². The zero-order valence-corrected chi connectivity index (χ0v) is 15.8. The molecule has 0 spiro atoms. The lowest BCUT2D eigenvalue weighted by Gasteiger charge is -2.19. The molecule has 3 rings (SSSR count). The van der Waals surface area contributed by atoms with Gasteiger partial charge in [0.1, 0.15) is 5.82 Å². The molecule has 1 heterocycles. The molecule has 2 aromatic rings. The number of anilines is 1. The number of hydrogen-bond donors (Lipinski definition) is 2. The van der Waals surface area contributed by atoms with E-state index in [1.807, 2.05) is 6.07 Å². The summed E-state index contributed by atoms with van der Waals surface area (Å²) >= 11 is 0. The molecule has 1 amide bonds. The van der Waals surface area contributed by atoms with Crippen molar-refractivity contribution < 1.29 is 18.7 Å². The van der Waals surface area contributed by atoms with Gasteiger partial charge in [-0.25, -0.2) is 4.39 Å². The van der Waals surface area contributed by atoms with Gasteiger partial charge >= 0.3 is 0 Å². The fourth-order valence-electron chi connectivity index (χ4n) is 3.05. The molecule has 0 bridgehead atoms. The van der Waals surface area contributed by atoms with Gasteiger partial charge in [-0.15, -0.1) is 12.4 Å². The van der Waals surface area contributed by atoms with Crippen molar-refractivity contribution >= 4 is 24.0 Å². The SMILES string of the molecule is COc1cc(C)c(C(=O)Nc2ccc3c(c2F)CCNC3)cc1OC.Cl. The second kappa shape index (κ2) is 8.38. The third kappa shape index (κ3) is 3.76. The van der Waals surface area contributed by atoms with E-state index in [4.69, 9.17) is 9.47 Å². The van der Waals surface area contributed by atoms with E-state index >= 15 is 0 Å². The van der Waals surface area contributed by atoms with Gasteiger partial charge in [-0.2, -0.15) is 0 Å². The van der Waals surface area contributed by atoms with Crippen molar-refractivity contribution in [1.82, 2.24) is 5.32 Å². The van der Waals surface area contributed by atoms with Crippen molar-refractivity contribution in [2.24, 2.45) is 0 Å². The van der Waals surface area contributed by atoms with Crippen LogP contribution in [0.3, 0.4) is 0 Å². The minimum absolute atomic E-state index is 0. The lowest BCUT2D eigenvalue weighted by atomic mass is 9.99. The van der Waals surface area contributed by atoms with Crippen LogP contribution in [0.1, 0.15) is 27.0 Å². The number of fused-ring (bicyclic) bond motifs is 1. The Kier molecular flexibility index (Phi) is 6.45. The summed E-state index contributed by atoms with van der Waals surface area (Å²) < 4.78 is 25.2. The molecular weight excluding hydrogens is 359 g/mol. The summed E-state index contributed by atoms with van der Waals surface area (Å²) in [6.07, 6.45) is 0.611. The fourth-order valence-corrected chi connectivity index (χ4v) is 3.05. The highest BCUT2D eigenvalue weighted by Gasteiger charge is 2.20. The first-order valence-corrected chi connectivity index (χ1v) is 8.10. The van der Waals surface area contributed by atoms with Gasteiger partial charge in [0, 0.05) is 12.1 Å². The van der Waals surface area contributed by atoms with Crippen LogP contribution >= 0.6 is 12.4 Å². The molecule has 0 atom stereocenters. The molecule has 1 aliphatic heterocycles. The van der Waals surface area contributed by atoms with Crippen molar-refractivity contribution in [3.8, 4) is 11.5 Å². The zero-order chi connectivity index (χ0) is 18.0. The molecule has 1 aliphatic rings. The van der Waals surface area contributed by atoms with E-state index in [1.165, 1.54) is 14.2 Å². The minimum atomic E-state index is -0.383. The quantitative estimate of drug-likeness (QED) is 0.852. The Hall–Kier alpha value is -2.31. The molecule has 2 N–H and O–H groups in total. The van der Waals surface area contributed by atoms with Gasteiger partial charge in [-0.05, 0) is 54.8 Å². The Morgan fingerprint density at radius 3 is 2.58 bits per heavy atom. The summed E-state index contributed by atoms with van der Waals surface area (Å²) in [5.74, 6) is 0.260. The number of nitrogens with one attached hydrogen (secondary N) is 2. The van der Waals surface area contributed by atoms with Crippen LogP contribution in [0.5, 0.6) is 11.5 Å². The van der Waals surface area contributed by atoms with Crippen molar-refractivity contribution in [2.45, 2.75) is 19.9 Å². The molecule has 0 saturated carbocycles. The molecule has 7 heteroatoms. The van der Waals surface area contributed by atoms with Crippen LogP contribution in [0.25, 0.3) is 0 Å². The summed E-state index contributed by atoms with van der Waals surface area (Å²) in [6.45, 7) is 3.18. The van der Waals surface area contributed by atoms with Crippen LogP contribution in [0, 0.1) is 12.7 Å². The smallest absolute Gasteiger partial charge is 0.256 e. The largest absolute Gasteiger partial charge is 0.493 e. The maximum Gasteiger partial charge on any atom is 0.256 e. The van der Waals surface area contributed by atoms with E-state index in [-0.39, 0.29) is 29.8 Å². The zero-order valence-electron chi connectivity index (χ0n) is 14.9. The number of benzene rings is 2. The predicted molar refractivity (Wildman–Crippen MR) is 101 cm³/mol. The average Bonchev–Trinajstić information content (AvgIpc) is 2.63. The molecule has 0 unspecified atom stereocenters. The van der Waals surface area contributed by atoms with E-state index in [0.717, 1.165) is 17.7 Å². The topological polar surface area (TPSA) is 59.6 Å². The first-order valence-electron chi connectivity index (χ1n) is 8.10. The Bertz CT molecular complexity index is 827. The van der Waals surface area contributed by atoms with Gasteiger partial charge < -0.3 is 20.1 Å².